The van der Waals surface area contributed by atoms with Crippen molar-refractivity contribution in [2.24, 2.45) is 4.99 Å². The predicted octanol–water partition coefficient (Wildman–Crippen LogP) is 2.17. The second-order valence-electron chi connectivity index (χ2n) is 4.84. The molecule has 1 aromatic carbocycles. The zero-order chi connectivity index (χ0) is 15.9. The van der Waals surface area contributed by atoms with Crippen LogP contribution < -0.4 is 5.32 Å². The van der Waals surface area contributed by atoms with Crippen LogP contribution in [0.15, 0.2) is 46.1 Å². The molecule has 2 aromatic rings. The monoisotopic (exact) mass is 434 g/mol. The summed E-state index contributed by atoms with van der Waals surface area (Å²) in [5.74, 6) is 0.288. The van der Waals surface area contributed by atoms with Crippen LogP contribution in [0.1, 0.15) is 17.4 Å². The van der Waals surface area contributed by atoms with Crippen LogP contribution in [-0.4, -0.2) is 41.8 Å². The fourth-order valence-electron chi connectivity index (χ4n) is 2.01. The zero-order valence-corrected chi connectivity index (χ0v) is 15.3. The summed E-state index contributed by atoms with van der Waals surface area (Å²) < 4.78 is 17.7. The maximum Gasteiger partial charge on any atom is 0.193 e. The second-order valence-corrected chi connectivity index (χ2v) is 4.84. The molecule has 1 unspecified atom stereocenters. The number of nitrogens with one attached hydrogen (secondary N) is 1. The van der Waals surface area contributed by atoms with E-state index in [4.69, 9.17) is 4.52 Å². The molecule has 23 heavy (non-hydrogen) atoms. The van der Waals surface area contributed by atoms with E-state index in [0.29, 0.717) is 18.1 Å². The van der Waals surface area contributed by atoms with Crippen LogP contribution in [0.2, 0.25) is 0 Å². The third-order valence-electron chi connectivity index (χ3n) is 3.17. The van der Waals surface area contributed by atoms with Gasteiger partial charge in [-0.05, 0) is 17.7 Å². The van der Waals surface area contributed by atoms with E-state index in [1.54, 1.807) is 25.2 Å². The molecule has 0 amide bonds. The first-order valence-electron chi connectivity index (χ1n) is 6.84. The van der Waals surface area contributed by atoms with Gasteiger partial charge in [0.15, 0.2) is 5.96 Å². The average Bonchev–Trinajstić information content (AvgIpc) is 3.01. The van der Waals surface area contributed by atoms with E-state index in [1.165, 1.54) is 18.4 Å². The maximum atomic E-state index is 12.9. The number of hydrogen-bond donors (Lipinski definition) is 2. The normalized spacial score (nSPS) is 12.4. The van der Waals surface area contributed by atoms with Gasteiger partial charge in [0.2, 0.25) is 0 Å². The lowest BCUT2D eigenvalue weighted by atomic mass is 10.1. The Labute approximate surface area is 151 Å². The van der Waals surface area contributed by atoms with E-state index in [2.05, 4.69) is 15.5 Å². The number of aromatic nitrogens is 1. The Morgan fingerprint density at radius 1 is 1.39 bits per heavy atom. The second kappa shape index (κ2) is 9.46. The van der Waals surface area contributed by atoms with Gasteiger partial charge in [0.25, 0.3) is 0 Å². The fraction of sp³-hybridized carbons (Fsp3) is 0.333. The number of benzene rings is 1. The van der Waals surface area contributed by atoms with Crippen LogP contribution in [0, 0.1) is 5.82 Å². The van der Waals surface area contributed by atoms with Gasteiger partial charge in [-0.2, -0.15) is 0 Å². The molecule has 0 saturated heterocycles. The van der Waals surface area contributed by atoms with E-state index in [0.717, 1.165) is 5.69 Å². The van der Waals surface area contributed by atoms with Crippen LogP contribution in [0.5, 0.6) is 0 Å². The lowest BCUT2D eigenvalue weighted by Crippen LogP contribution is -2.40. The largest absolute Gasteiger partial charge is 0.387 e. The molecule has 1 heterocycles. The van der Waals surface area contributed by atoms with Gasteiger partial charge in [-0.15, -0.1) is 24.0 Å². The van der Waals surface area contributed by atoms with Gasteiger partial charge in [0.05, 0.1) is 12.6 Å². The van der Waals surface area contributed by atoms with Crippen molar-refractivity contribution in [1.82, 2.24) is 15.4 Å². The number of rotatable bonds is 5. The SMILES string of the molecule is CN=C(NCC(O)c1ccc(F)cc1)N(C)Cc1ccon1.I. The summed E-state index contributed by atoms with van der Waals surface area (Å²) in [6.07, 6.45) is 0.760. The van der Waals surface area contributed by atoms with Crippen molar-refractivity contribution in [3.05, 3.63) is 53.7 Å². The highest BCUT2D eigenvalue weighted by atomic mass is 127. The van der Waals surface area contributed by atoms with Gasteiger partial charge in [0, 0.05) is 26.7 Å². The lowest BCUT2D eigenvalue weighted by molar-refractivity contribution is 0.179. The summed E-state index contributed by atoms with van der Waals surface area (Å²) in [4.78, 5) is 6.01. The summed E-state index contributed by atoms with van der Waals surface area (Å²) in [6, 6.07) is 7.54. The molecule has 0 radical (unpaired) electrons. The highest BCUT2D eigenvalue weighted by Gasteiger charge is 2.12. The Morgan fingerprint density at radius 2 is 2.09 bits per heavy atom. The summed E-state index contributed by atoms with van der Waals surface area (Å²) >= 11 is 0. The third-order valence-corrected chi connectivity index (χ3v) is 3.17. The number of aliphatic imine (C=N–C) groups is 1. The molecule has 126 valence electrons. The van der Waals surface area contributed by atoms with Crippen molar-refractivity contribution in [3.63, 3.8) is 0 Å². The van der Waals surface area contributed by atoms with Crippen molar-refractivity contribution in [3.8, 4) is 0 Å². The molecular weight excluding hydrogens is 414 g/mol. The van der Waals surface area contributed by atoms with Crippen molar-refractivity contribution in [2.45, 2.75) is 12.6 Å². The molecule has 1 atom stereocenters. The fourth-order valence-corrected chi connectivity index (χ4v) is 2.01. The number of hydrogen-bond acceptors (Lipinski definition) is 4. The molecule has 0 aliphatic carbocycles. The minimum absolute atomic E-state index is 0. The molecule has 1 aromatic heterocycles. The number of halogens is 2. The first-order valence-corrected chi connectivity index (χ1v) is 6.84. The number of guanidine groups is 1. The lowest BCUT2D eigenvalue weighted by Gasteiger charge is -2.22. The predicted molar refractivity (Wildman–Crippen MR) is 96.1 cm³/mol. The Kier molecular flexibility index (Phi) is 7.96. The molecule has 0 aliphatic heterocycles. The zero-order valence-electron chi connectivity index (χ0n) is 12.9. The van der Waals surface area contributed by atoms with Gasteiger partial charge in [-0.1, -0.05) is 17.3 Å². The molecule has 2 N–H and O–H groups in total. The van der Waals surface area contributed by atoms with Crippen LogP contribution >= 0.6 is 24.0 Å². The summed E-state index contributed by atoms with van der Waals surface area (Å²) in [5, 5.41) is 17.0. The maximum absolute atomic E-state index is 12.9. The minimum atomic E-state index is -0.752. The summed E-state index contributed by atoms with van der Waals surface area (Å²) in [6.45, 7) is 0.796. The standard InChI is InChI=1S/C15H19FN4O2.HI/c1-17-15(20(2)10-13-7-8-22-19-13)18-9-14(21)11-3-5-12(16)6-4-11;/h3-8,14,21H,9-10H2,1-2H3,(H,17,18);1H. The molecule has 8 heteroatoms. The van der Waals surface area contributed by atoms with Crippen molar-refractivity contribution < 1.29 is 14.0 Å². The quantitative estimate of drug-likeness (QED) is 0.429. The Bertz CT molecular complexity index is 604. The smallest absolute Gasteiger partial charge is 0.193 e. The highest BCUT2D eigenvalue weighted by Crippen LogP contribution is 2.12. The first kappa shape index (κ1) is 19.4. The van der Waals surface area contributed by atoms with Gasteiger partial charge in [0.1, 0.15) is 17.8 Å². The molecule has 0 fully saturated rings. The van der Waals surface area contributed by atoms with E-state index >= 15 is 0 Å². The summed E-state index contributed by atoms with van der Waals surface area (Å²) in [7, 11) is 3.51. The Morgan fingerprint density at radius 3 is 2.65 bits per heavy atom. The Hall–Kier alpha value is -1.68. The number of nitrogens with zero attached hydrogens (tertiary/aromatic N) is 3. The van der Waals surface area contributed by atoms with Gasteiger partial charge < -0.3 is 19.8 Å². The van der Waals surface area contributed by atoms with Gasteiger partial charge in [-0.3, -0.25) is 4.99 Å². The van der Waals surface area contributed by atoms with Crippen molar-refractivity contribution in [1.29, 1.82) is 0 Å². The topological polar surface area (TPSA) is 73.9 Å². The number of aliphatic hydroxyl groups is 1. The molecule has 0 spiro atoms. The number of aliphatic hydroxyl groups excluding tert-OH is 1. The molecule has 0 bridgehead atoms. The molecule has 0 saturated carbocycles. The van der Waals surface area contributed by atoms with E-state index in [9.17, 15) is 9.50 Å². The van der Waals surface area contributed by atoms with E-state index < -0.39 is 6.10 Å². The molecule has 0 aliphatic rings. The van der Waals surface area contributed by atoms with E-state index in [-0.39, 0.29) is 36.3 Å². The van der Waals surface area contributed by atoms with Gasteiger partial charge >= 0.3 is 0 Å². The van der Waals surface area contributed by atoms with E-state index in [1.807, 2.05) is 11.9 Å². The average molecular weight is 434 g/mol. The van der Waals surface area contributed by atoms with Crippen molar-refractivity contribution >= 4 is 29.9 Å². The van der Waals surface area contributed by atoms with Gasteiger partial charge in [-0.25, -0.2) is 4.39 Å². The third kappa shape index (κ3) is 5.79. The van der Waals surface area contributed by atoms with Crippen LogP contribution in [-0.2, 0) is 6.54 Å². The van der Waals surface area contributed by atoms with Crippen molar-refractivity contribution in [2.75, 3.05) is 20.6 Å². The van der Waals surface area contributed by atoms with Crippen LogP contribution in [0.25, 0.3) is 0 Å². The first-order chi connectivity index (χ1) is 10.6. The molecule has 6 nitrogen and oxygen atoms in total. The molecule has 2 rings (SSSR count). The molecular formula is C15H20FIN4O2. The van der Waals surface area contributed by atoms with Crippen LogP contribution in [0.3, 0.4) is 0 Å². The van der Waals surface area contributed by atoms with Crippen LogP contribution in [0.4, 0.5) is 4.39 Å². The summed E-state index contributed by atoms with van der Waals surface area (Å²) in [5.41, 5.74) is 1.42. The highest BCUT2D eigenvalue weighted by molar-refractivity contribution is 14.0. The minimum Gasteiger partial charge on any atom is -0.387 e. The Balaban J connectivity index is 0.00000264.